The van der Waals surface area contributed by atoms with Gasteiger partial charge in [0, 0.05) is 18.3 Å². The molecule has 1 aliphatic rings. The number of nitrogens with zero attached hydrogens (tertiary/aromatic N) is 3. The first-order chi connectivity index (χ1) is 11.6. The van der Waals surface area contributed by atoms with Crippen molar-refractivity contribution in [1.29, 1.82) is 5.26 Å². The third-order valence-electron chi connectivity index (χ3n) is 4.14. The number of para-hydroxylation sites is 1. The number of rotatable bonds is 4. The number of amides is 1. The SMILES string of the molecule is CNC(=O)C(C#N)C(=O)c1nn(-c2ccccc2F)c2c1CCC2. The van der Waals surface area contributed by atoms with E-state index in [1.54, 1.807) is 24.3 Å². The minimum absolute atomic E-state index is 0.0842. The molecule has 0 saturated carbocycles. The monoisotopic (exact) mass is 326 g/mol. The van der Waals surface area contributed by atoms with Crippen molar-refractivity contribution in [2.75, 3.05) is 7.05 Å². The molecule has 6 nitrogen and oxygen atoms in total. The van der Waals surface area contributed by atoms with E-state index in [9.17, 15) is 14.0 Å². The topological polar surface area (TPSA) is 87.8 Å². The molecule has 1 unspecified atom stereocenters. The van der Waals surface area contributed by atoms with Crippen LogP contribution in [0.3, 0.4) is 0 Å². The zero-order valence-electron chi connectivity index (χ0n) is 13.0. The summed E-state index contributed by atoms with van der Waals surface area (Å²) in [6.45, 7) is 0. The molecule has 3 rings (SSSR count). The fourth-order valence-electron chi connectivity index (χ4n) is 2.98. The molecular formula is C17H15FN4O2. The van der Waals surface area contributed by atoms with Crippen LogP contribution in [0.2, 0.25) is 0 Å². The third-order valence-corrected chi connectivity index (χ3v) is 4.14. The molecule has 24 heavy (non-hydrogen) atoms. The molecule has 1 amide bonds. The summed E-state index contributed by atoms with van der Waals surface area (Å²) in [5, 5.41) is 15.7. The first-order valence-electron chi connectivity index (χ1n) is 7.59. The Labute approximate surface area is 137 Å². The highest BCUT2D eigenvalue weighted by Crippen LogP contribution is 2.29. The van der Waals surface area contributed by atoms with Gasteiger partial charge in [-0.2, -0.15) is 10.4 Å². The summed E-state index contributed by atoms with van der Waals surface area (Å²) >= 11 is 0. The summed E-state index contributed by atoms with van der Waals surface area (Å²) in [6.07, 6.45) is 2.11. The largest absolute Gasteiger partial charge is 0.358 e. The van der Waals surface area contributed by atoms with Crippen molar-refractivity contribution < 1.29 is 14.0 Å². The molecule has 0 fully saturated rings. The normalized spacial score (nSPS) is 13.9. The molecule has 0 bridgehead atoms. The van der Waals surface area contributed by atoms with Gasteiger partial charge in [0.1, 0.15) is 17.2 Å². The standard InChI is InChI=1S/C17H15FN4O2/c1-20-17(24)11(9-19)16(23)15-10-5-4-8-13(10)22(21-15)14-7-3-2-6-12(14)18/h2-3,6-7,11H,4-5,8H2,1H3,(H,20,24). The Morgan fingerprint density at radius 1 is 1.38 bits per heavy atom. The van der Waals surface area contributed by atoms with Crippen LogP contribution in [-0.4, -0.2) is 28.5 Å². The van der Waals surface area contributed by atoms with Gasteiger partial charge in [-0.1, -0.05) is 12.1 Å². The lowest BCUT2D eigenvalue weighted by atomic mass is 9.99. The molecular weight excluding hydrogens is 311 g/mol. The fraction of sp³-hybridized carbons (Fsp3) is 0.294. The number of carbonyl (C=O) groups excluding carboxylic acids is 2. The Kier molecular flexibility index (Phi) is 4.13. The van der Waals surface area contributed by atoms with Crippen LogP contribution < -0.4 is 5.32 Å². The number of nitriles is 1. The number of hydrogen-bond acceptors (Lipinski definition) is 4. The lowest BCUT2D eigenvalue weighted by Gasteiger charge is -2.07. The summed E-state index contributed by atoms with van der Waals surface area (Å²) in [5.41, 5.74) is 1.80. The van der Waals surface area contributed by atoms with Crippen molar-refractivity contribution in [3.63, 3.8) is 0 Å². The van der Waals surface area contributed by atoms with E-state index in [1.165, 1.54) is 17.8 Å². The average molecular weight is 326 g/mol. The summed E-state index contributed by atoms with van der Waals surface area (Å²) in [6, 6.07) is 7.88. The summed E-state index contributed by atoms with van der Waals surface area (Å²) in [4.78, 5) is 24.4. The number of hydrogen-bond donors (Lipinski definition) is 1. The van der Waals surface area contributed by atoms with Gasteiger partial charge in [-0.25, -0.2) is 9.07 Å². The number of halogens is 1. The lowest BCUT2D eigenvalue weighted by Crippen LogP contribution is -2.32. The maximum absolute atomic E-state index is 14.1. The Bertz CT molecular complexity index is 866. The van der Waals surface area contributed by atoms with Gasteiger partial charge < -0.3 is 5.32 Å². The molecule has 0 spiro atoms. The van der Waals surface area contributed by atoms with E-state index in [0.717, 1.165) is 12.1 Å². The van der Waals surface area contributed by atoms with Crippen molar-refractivity contribution >= 4 is 11.7 Å². The van der Waals surface area contributed by atoms with Gasteiger partial charge >= 0.3 is 0 Å². The van der Waals surface area contributed by atoms with Crippen LogP contribution in [0.4, 0.5) is 4.39 Å². The number of ketones is 1. The number of benzene rings is 1. The molecule has 2 aromatic rings. The van der Waals surface area contributed by atoms with Crippen LogP contribution in [0, 0.1) is 23.1 Å². The van der Waals surface area contributed by atoms with Crippen molar-refractivity contribution in [2.24, 2.45) is 5.92 Å². The predicted molar refractivity (Wildman–Crippen MR) is 83.0 cm³/mol. The van der Waals surface area contributed by atoms with Crippen LogP contribution in [0.15, 0.2) is 24.3 Å². The lowest BCUT2D eigenvalue weighted by molar-refractivity contribution is -0.121. The quantitative estimate of drug-likeness (QED) is 0.682. The van der Waals surface area contributed by atoms with E-state index < -0.39 is 23.4 Å². The molecule has 1 aromatic heterocycles. The molecule has 0 aliphatic heterocycles. The molecule has 7 heteroatoms. The van der Waals surface area contributed by atoms with Gasteiger partial charge in [0.2, 0.25) is 11.7 Å². The van der Waals surface area contributed by atoms with Crippen molar-refractivity contribution in [3.8, 4) is 11.8 Å². The number of fused-ring (bicyclic) bond motifs is 1. The molecule has 1 aromatic carbocycles. The van der Waals surface area contributed by atoms with Gasteiger partial charge in [-0.15, -0.1) is 0 Å². The molecule has 1 N–H and O–H groups in total. The van der Waals surface area contributed by atoms with Crippen LogP contribution >= 0.6 is 0 Å². The predicted octanol–water partition coefficient (Wildman–Crippen LogP) is 1.57. The average Bonchev–Trinajstić information content (AvgIpc) is 3.18. The third kappa shape index (κ3) is 2.46. The highest BCUT2D eigenvalue weighted by molar-refractivity contribution is 6.12. The van der Waals surface area contributed by atoms with Crippen molar-refractivity contribution in [2.45, 2.75) is 19.3 Å². The van der Waals surface area contributed by atoms with E-state index >= 15 is 0 Å². The van der Waals surface area contributed by atoms with Gasteiger partial charge in [0.05, 0.1) is 6.07 Å². The maximum Gasteiger partial charge on any atom is 0.245 e. The van der Waals surface area contributed by atoms with E-state index in [4.69, 9.17) is 5.26 Å². The summed E-state index contributed by atoms with van der Waals surface area (Å²) in [7, 11) is 1.36. The zero-order chi connectivity index (χ0) is 17.3. The second-order valence-electron chi connectivity index (χ2n) is 5.53. The second kappa shape index (κ2) is 6.24. The van der Waals surface area contributed by atoms with Gasteiger partial charge in [-0.05, 0) is 31.4 Å². The summed E-state index contributed by atoms with van der Waals surface area (Å²) < 4.78 is 15.5. The van der Waals surface area contributed by atoms with E-state index in [0.29, 0.717) is 18.4 Å². The van der Waals surface area contributed by atoms with Crippen molar-refractivity contribution in [1.82, 2.24) is 15.1 Å². The maximum atomic E-state index is 14.1. The summed E-state index contributed by atoms with van der Waals surface area (Å²) in [5.74, 6) is -3.22. The molecule has 1 atom stereocenters. The smallest absolute Gasteiger partial charge is 0.245 e. The minimum Gasteiger partial charge on any atom is -0.358 e. The second-order valence-corrected chi connectivity index (χ2v) is 5.53. The van der Waals surface area contributed by atoms with E-state index in [-0.39, 0.29) is 11.4 Å². The first kappa shape index (κ1) is 15.9. The zero-order valence-corrected chi connectivity index (χ0v) is 13.0. The number of Topliss-reactive ketones (excluding diaryl/α,β-unsaturated/α-hetero) is 1. The highest BCUT2D eigenvalue weighted by atomic mass is 19.1. The van der Waals surface area contributed by atoms with Crippen molar-refractivity contribution in [3.05, 3.63) is 47.0 Å². The highest BCUT2D eigenvalue weighted by Gasteiger charge is 2.34. The molecule has 1 aliphatic carbocycles. The van der Waals surface area contributed by atoms with Crippen LogP contribution in [0.25, 0.3) is 5.69 Å². The van der Waals surface area contributed by atoms with Crippen LogP contribution in [-0.2, 0) is 17.6 Å². The number of carbonyl (C=O) groups is 2. The first-order valence-corrected chi connectivity index (χ1v) is 7.59. The number of aromatic nitrogens is 2. The minimum atomic E-state index is -1.45. The Morgan fingerprint density at radius 3 is 2.79 bits per heavy atom. The molecule has 122 valence electrons. The van der Waals surface area contributed by atoms with Crippen LogP contribution in [0.1, 0.15) is 28.2 Å². The molecule has 0 saturated heterocycles. The molecule has 0 radical (unpaired) electrons. The van der Waals surface area contributed by atoms with E-state index in [1.807, 2.05) is 0 Å². The van der Waals surface area contributed by atoms with Gasteiger partial charge in [0.25, 0.3) is 0 Å². The van der Waals surface area contributed by atoms with E-state index in [2.05, 4.69) is 10.4 Å². The van der Waals surface area contributed by atoms with Gasteiger partial charge in [0.15, 0.2) is 5.92 Å². The van der Waals surface area contributed by atoms with Crippen LogP contribution in [0.5, 0.6) is 0 Å². The fourth-order valence-corrected chi connectivity index (χ4v) is 2.98. The Hall–Kier alpha value is -3.01. The molecule has 1 heterocycles. The number of nitrogens with one attached hydrogen (secondary N) is 1. The Morgan fingerprint density at radius 2 is 2.12 bits per heavy atom. The van der Waals surface area contributed by atoms with Gasteiger partial charge in [-0.3, -0.25) is 9.59 Å². The Balaban J connectivity index is 2.10.